The van der Waals surface area contributed by atoms with E-state index < -0.39 is 21.7 Å². The first-order chi connectivity index (χ1) is 10.9. The molecule has 2 atom stereocenters. The zero-order valence-electron chi connectivity index (χ0n) is 14.5. The number of hydrogen-bond acceptors (Lipinski definition) is 6. The Hall–Kier alpha value is -1.81. The molecular formula is C14H24N4O5S. The van der Waals surface area contributed by atoms with Gasteiger partial charge in [0.05, 0.1) is 25.4 Å². The minimum absolute atomic E-state index is 0.0578. The van der Waals surface area contributed by atoms with Crippen LogP contribution in [0, 0.1) is 5.92 Å². The molecule has 0 fully saturated rings. The fourth-order valence-electron chi connectivity index (χ4n) is 2.48. The minimum Gasteiger partial charge on any atom is -0.477 e. The summed E-state index contributed by atoms with van der Waals surface area (Å²) in [7, 11) is -2.28. The Morgan fingerprint density at radius 3 is 2.67 bits per heavy atom. The molecule has 0 aliphatic carbocycles. The molecule has 0 aromatic carbocycles. The molecule has 2 rings (SSSR count). The number of ether oxygens (including phenoxy) is 2. The first kappa shape index (κ1) is 18.5. The van der Waals surface area contributed by atoms with Gasteiger partial charge < -0.3 is 14.4 Å². The van der Waals surface area contributed by atoms with Crippen LogP contribution in [0.15, 0.2) is 11.1 Å². The zero-order chi connectivity index (χ0) is 18.3. The van der Waals surface area contributed by atoms with E-state index in [-0.39, 0.29) is 35.9 Å². The van der Waals surface area contributed by atoms with E-state index in [1.54, 1.807) is 27.8 Å². The third-order valence-corrected chi connectivity index (χ3v) is 4.64. The third-order valence-electron chi connectivity index (χ3n) is 3.74. The minimum atomic E-state index is -3.93. The van der Waals surface area contributed by atoms with Crippen molar-refractivity contribution in [1.82, 2.24) is 14.7 Å². The molecule has 0 saturated heterocycles. The Kier molecular flexibility index (Phi) is 4.82. The molecule has 24 heavy (non-hydrogen) atoms. The van der Waals surface area contributed by atoms with Crippen LogP contribution < -0.4 is 9.88 Å². The van der Waals surface area contributed by atoms with Crippen LogP contribution in [-0.2, 0) is 21.3 Å². The van der Waals surface area contributed by atoms with E-state index in [1.807, 2.05) is 6.92 Å². The highest BCUT2D eigenvalue weighted by Gasteiger charge is 2.34. The van der Waals surface area contributed by atoms with Gasteiger partial charge in [-0.1, -0.05) is 6.92 Å². The lowest BCUT2D eigenvalue weighted by Gasteiger charge is -2.32. The number of primary sulfonamides is 1. The molecule has 1 aromatic heterocycles. The second-order valence-corrected chi connectivity index (χ2v) is 8.52. The topological polar surface area (TPSA) is 117 Å². The summed E-state index contributed by atoms with van der Waals surface area (Å²) in [5.41, 5.74) is -0.604. The SMILES string of the molecule is CC1COc2c(S(N)(=O)=O)cnn2C[C@H]1N(C)C(=O)OC(C)(C)C. The van der Waals surface area contributed by atoms with Crippen molar-refractivity contribution >= 4 is 16.1 Å². The quantitative estimate of drug-likeness (QED) is 0.833. The van der Waals surface area contributed by atoms with E-state index in [0.29, 0.717) is 0 Å². The second-order valence-electron chi connectivity index (χ2n) is 6.99. The van der Waals surface area contributed by atoms with Crippen molar-refractivity contribution in [2.45, 2.75) is 50.8 Å². The van der Waals surface area contributed by atoms with Gasteiger partial charge in [-0.05, 0) is 20.8 Å². The number of hydrogen-bond donors (Lipinski definition) is 1. The van der Waals surface area contributed by atoms with Gasteiger partial charge in [0.25, 0.3) is 0 Å². The highest BCUT2D eigenvalue weighted by Crippen LogP contribution is 2.28. The largest absolute Gasteiger partial charge is 0.477 e. The van der Waals surface area contributed by atoms with Gasteiger partial charge in [-0.25, -0.2) is 23.0 Å². The molecule has 0 radical (unpaired) electrons. The van der Waals surface area contributed by atoms with Crippen molar-refractivity contribution in [3.63, 3.8) is 0 Å². The zero-order valence-corrected chi connectivity index (χ0v) is 15.3. The number of nitrogens with two attached hydrogens (primary N) is 1. The van der Waals surface area contributed by atoms with Gasteiger partial charge in [0.1, 0.15) is 5.60 Å². The van der Waals surface area contributed by atoms with Crippen molar-refractivity contribution in [2.24, 2.45) is 11.1 Å². The number of amides is 1. The molecule has 1 amide bonds. The molecule has 0 saturated carbocycles. The average Bonchev–Trinajstić information content (AvgIpc) is 2.75. The highest BCUT2D eigenvalue weighted by atomic mass is 32.2. The van der Waals surface area contributed by atoms with E-state index in [0.717, 1.165) is 6.20 Å². The van der Waals surface area contributed by atoms with Gasteiger partial charge >= 0.3 is 6.09 Å². The maximum absolute atomic E-state index is 12.3. The van der Waals surface area contributed by atoms with Gasteiger partial charge in [0.15, 0.2) is 4.90 Å². The predicted octanol–water partition coefficient (Wildman–Crippen LogP) is 0.794. The molecule has 0 bridgehead atoms. The van der Waals surface area contributed by atoms with Gasteiger partial charge in [-0.15, -0.1) is 0 Å². The smallest absolute Gasteiger partial charge is 0.410 e. The van der Waals surface area contributed by atoms with E-state index in [9.17, 15) is 13.2 Å². The fourth-order valence-corrected chi connectivity index (χ4v) is 3.08. The lowest BCUT2D eigenvalue weighted by atomic mass is 10.0. The van der Waals surface area contributed by atoms with E-state index in [2.05, 4.69) is 5.10 Å². The molecule has 136 valence electrons. The summed E-state index contributed by atoms with van der Waals surface area (Å²) in [5.74, 6) is 0.0435. The Labute approximate surface area is 141 Å². The van der Waals surface area contributed by atoms with Crippen molar-refractivity contribution < 1.29 is 22.7 Å². The van der Waals surface area contributed by atoms with Crippen LogP contribution in [0.1, 0.15) is 27.7 Å². The summed E-state index contributed by atoms with van der Waals surface area (Å²) in [4.78, 5) is 13.6. The van der Waals surface area contributed by atoms with Crippen molar-refractivity contribution in [3.8, 4) is 5.88 Å². The lowest BCUT2D eigenvalue weighted by molar-refractivity contribution is 0.0142. The summed E-state index contributed by atoms with van der Waals surface area (Å²) >= 11 is 0. The molecule has 1 aromatic rings. The number of sulfonamides is 1. The molecule has 1 unspecified atom stereocenters. The van der Waals surface area contributed by atoms with Crippen LogP contribution >= 0.6 is 0 Å². The van der Waals surface area contributed by atoms with E-state index >= 15 is 0 Å². The Bertz CT molecular complexity index is 722. The number of carbonyl (C=O) groups excluding carboxylic acids is 1. The van der Waals surface area contributed by atoms with E-state index in [1.165, 1.54) is 9.58 Å². The van der Waals surface area contributed by atoms with Crippen LogP contribution in [0.25, 0.3) is 0 Å². The summed E-state index contributed by atoms with van der Waals surface area (Å²) in [6.07, 6.45) is 0.701. The van der Waals surface area contributed by atoms with Crippen LogP contribution in [0.2, 0.25) is 0 Å². The fraction of sp³-hybridized carbons (Fsp3) is 0.714. The highest BCUT2D eigenvalue weighted by molar-refractivity contribution is 7.89. The summed E-state index contributed by atoms with van der Waals surface area (Å²) in [6.45, 7) is 7.80. The van der Waals surface area contributed by atoms with Gasteiger partial charge in [-0.3, -0.25) is 0 Å². The number of rotatable bonds is 2. The Morgan fingerprint density at radius 1 is 1.50 bits per heavy atom. The molecule has 0 spiro atoms. The maximum Gasteiger partial charge on any atom is 0.410 e. The summed E-state index contributed by atoms with van der Waals surface area (Å²) < 4.78 is 35.6. The number of nitrogens with zero attached hydrogens (tertiary/aromatic N) is 3. The number of carbonyl (C=O) groups is 1. The molecule has 1 aliphatic rings. The predicted molar refractivity (Wildman–Crippen MR) is 86.0 cm³/mol. The van der Waals surface area contributed by atoms with Crippen LogP contribution in [0.5, 0.6) is 5.88 Å². The number of likely N-dealkylation sites (N-methyl/N-ethyl adjacent to an activating group) is 1. The van der Waals surface area contributed by atoms with Crippen molar-refractivity contribution in [1.29, 1.82) is 0 Å². The molecule has 2 N–H and O–H groups in total. The Morgan fingerprint density at radius 2 is 2.12 bits per heavy atom. The molecule has 10 heteroatoms. The number of aromatic nitrogens is 2. The van der Waals surface area contributed by atoms with E-state index in [4.69, 9.17) is 14.6 Å². The standard InChI is InChI=1S/C14H24N4O5S/c1-9-8-22-12-11(24(15,20)21)6-16-18(12)7-10(9)17(5)13(19)23-14(2,3)4/h6,9-10H,7-8H2,1-5H3,(H2,15,20,21)/t9?,10-/m1/s1. The molecule has 2 heterocycles. The van der Waals surface area contributed by atoms with Crippen LogP contribution in [0.3, 0.4) is 0 Å². The molecular weight excluding hydrogens is 336 g/mol. The second kappa shape index (κ2) is 6.25. The maximum atomic E-state index is 12.3. The summed E-state index contributed by atoms with van der Waals surface area (Å²) in [5, 5.41) is 9.22. The first-order valence-corrected chi connectivity index (χ1v) is 9.12. The van der Waals surface area contributed by atoms with Gasteiger partial charge in [-0.2, -0.15) is 5.10 Å². The normalized spacial score (nSPS) is 21.4. The van der Waals surface area contributed by atoms with Gasteiger partial charge in [0, 0.05) is 13.0 Å². The third kappa shape index (κ3) is 3.99. The summed E-state index contributed by atoms with van der Waals surface area (Å²) in [6, 6.07) is -0.269. The lowest BCUT2D eigenvalue weighted by Crippen LogP contribution is -2.46. The average molecular weight is 360 g/mol. The van der Waals surface area contributed by atoms with Crippen LogP contribution in [0.4, 0.5) is 4.79 Å². The first-order valence-electron chi connectivity index (χ1n) is 7.57. The van der Waals surface area contributed by atoms with Crippen molar-refractivity contribution in [3.05, 3.63) is 6.20 Å². The van der Waals surface area contributed by atoms with Gasteiger partial charge in [0.2, 0.25) is 15.9 Å². The molecule has 1 aliphatic heterocycles. The number of fused-ring (bicyclic) bond motifs is 1. The molecule has 9 nitrogen and oxygen atoms in total. The Balaban J connectivity index is 2.27. The monoisotopic (exact) mass is 360 g/mol. The van der Waals surface area contributed by atoms with Crippen molar-refractivity contribution in [2.75, 3.05) is 13.7 Å². The van der Waals surface area contributed by atoms with Crippen LogP contribution in [-0.4, -0.2) is 54.5 Å².